The van der Waals surface area contributed by atoms with Gasteiger partial charge >= 0.3 is 0 Å². The van der Waals surface area contributed by atoms with E-state index in [1.165, 1.54) is 0 Å². The number of hydrogen-bond donors (Lipinski definition) is 1. The number of hydrogen-bond acceptors (Lipinski definition) is 6. The number of nitrogens with zero attached hydrogens (tertiary/aromatic N) is 2. The van der Waals surface area contributed by atoms with E-state index < -0.39 is 11.0 Å². The minimum atomic E-state index is -0.517. The van der Waals surface area contributed by atoms with Gasteiger partial charge in [0.25, 0.3) is 0 Å². The monoisotopic (exact) mass is 269 g/mol. The average molecular weight is 269 g/mol. The molecule has 0 radical (unpaired) electrons. The molecule has 0 saturated carbocycles. The molecule has 2 N–H and O–H groups in total. The highest BCUT2D eigenvalue weighted by molar-refractivity contribution is 5.13. The van der Waals surface area contributed by atoms with Crippen LogP contribution < -0.4 is 5.73 Å². The van der Waals surface area contributed by atoms with Crippen LogP contribution >= 0.6 is 0 Å². The highest BCUT2D eigenvalue weighted by atomic mass is 16.5. The van der Waals surface area contributed by atoms with Crippen molar-refractivity contribution in [3.63, 3.8) is 0 Å². The quantitative estimate of drug-likeness (QED) is 0.868. The SMILES string of the molecule is CCOC(C)(CC)c1noc(C2(C)COCC2N)n1. The smallest absolute Gasteiger partial charge is 0.236 e. The second-order valence-electron chi connectivity index (χ2n) is 5.48. The Bertz CT molecular complexity index is 437. The van der Waals surface area contributed by atoms with Gasteiger partial charge in [0, 0.05) is 12.6 Å². The van der Waals surface area contributed by atoms with Crippen LogP contribution in [0.4, 0.5) is 0 Å². The van der Waals surface area contributed by atoms with Crippen LogP contribution in [0.1, 0.15) is 45.8 Å². The molecule has 3 atom stereocenters. The van der Waals surface area contributed by atoms with E-state index in [-0.39, 0.29) is 6.04 Å². The molecule has 1 fully saturated rings. The summed E-state index contributed by atoms with van der Waals surface area (Å²) in [6.45, 7) is 9.59. The molecule has 1 saturated heterocycles. The second-order valence-corrected chi connectivity index (χ2v) is 5.48. The third kappa shape index (κ3) is 2.40. The Morgan fingerprint density at radius 3 is 2.79 bits per heavy atom. The van der Waals surface area contributed by atoms with E-state index in [1.54, 1.807) is 0 Å². The van der Waals surface area contributed by atoms with E-state index in [0.717, 1.165) is 6.42 Å². The lowest BCUT2D eigenvalue weighted by Crippen LogP contribution is -2.42. The second kappa shape index (κ2) is 5.19. The van der Waals surface area contributed by atoms with Crippen molar-refractivity contribution in [2.75, 3.05) is 19.8 Å². The summed E-state index contributed by atoms with van der Waals surface area (Å²) in [6, 6.07) is -0.124. The zero-order chi connectivity index (χ0) is 14.1. The first-order valence-corrected chi connectivity index (χ1v) is 6.78. The van der Waals surface area contributed by atoms with Crippen molar-refractivity contribution in [2.45, 2.75) is 51.2 Å². The first-order chi connectivity index (χ1) is 8.96. The molecule has 19 heavy (non-hydrogen) atoms. The topological polar surface area (TPSA) is 83.4 Å². The van der Waals surface area contributed by atoms with Crippen molar-refractivity contribution >= 4 is 0 Å². The normalized spacial score (nSPS) is 30.5. The molecule has 0 spiro atoms. The molecule has 3 unspecified atom stereocenters. The molecule has 0 amide bonds. The molecule has 1 aromatic heterocycles. The highest BCUT2D eigenvalue weighted by Crippen LogP contribution is 2.33. The predicted molar refractivity (Wildman–Crippen MR) is 69.7 cm³/mol. The summed E-state index contributed by atoms with van der Waals surface area (Å²) in [4.78, 5) is 4.51. The Balaban J connectivity index is 2.28. The molecule has 1 aromatic rings. The zero-order valence-electron chi connectivity index (χ0n) is 12.1. The number of nitrogens with two attached hydrogens (primary N) is 1. The average Bonchev–Trinajstić information content (AvgIpc) is 2.99. The first kappa shape index (κ1) is 14.4. The maximum atomic E-state index is 6.07. The van der Waals surface area contributed by atoms with Gasteiger partial charge in [-0.05, 0) is 27.2 Å². The van der Waals surface area contributed by atoms with Gasteiger partial charge in [0.15, 0.2) is 0 Å². The molecule has 108 valence electrons. The van der Waals surface area contributed by atoms with Crippen molar-refractivity contribution in [3.8, 4) is 0 Å². The predicted octanol–water partition coefficient (Wildman–Crippen LogP) is 1.35. The Morgan fingerprint density at radius 2 is 2.26 bits per heavy atom. The van der Waals surface area contributed by atoms with E-state index in [0.29, 0.717) is 31.5 Å². The van der Waals surface area contributed by atoms with Gasteiger partial charge in [-0.25, -0.2) is 0 Å². The third-order valence-electron chi connectivity index (χ3n) is 4.04. The van der Waals surface area contributed by atoms with E-state index in [4.69, 9.17) is 19.7 Å². The van der Waals surface area contributed by atoms with Crippen LogP contribution in [-0.4, -0.2) is 36.0 Å². The van der Waals surface area contributed by atoms with Crippen LogP contribution in [0, 0.1) is 0 Å². The lowest BCUT2D eigenvalue weighted by atomic mass is 9.86. The molecule has 0 aromatic carbocycles. The molecular formula is C13H23N3O3. The van der Waals surface area contributed by atoms with Crippen molar-refractivity contribution in [2.24, 2.45) is 5.73 Å². The molecule has 6 heteroatoms. The van der Waals surface area contributed by atoms with Gasteiger partial charge in [0.05, 0.1) is 18.6 Å². The van der Waals surface area contributed by atoms with Crippen LogP contribution in [0.5, 0.6) is 0 Å². The minimum Gasteiger partial charge on any atom is -0.379 e. The van der Waals surface area contributed by atoms with Crippen LogP contribution in [0.3, 0.4) is 0 Å². The summed E-state index contributed by atoms with van der Waals surface area (Å²) in [7, 11) is 0. The van der Waals surface area contributed by atoms with Gasteiger partial charge in [-0.2, -0.15) is 4.98 Å². The Kier molecular flexibility index (Phi) is 3.94. The van der Waals surface area contributed by atoms with E-state index >= 15 is 0 Å². The van der Waals surface area contributed by atoms with Crippen molar-refractivity contribution in [1.82, 2.24) is 10.1 Å². The molecule has 1 aliphatic heterocycles. The Hall–Kier alpha value is -0.980. The molecule has 2 rings (SSSR count). The van der Waals surface area contributed by atoms with E-state index in [9.17, 15) is 0 Å². The summed E-state index contributed by atoms with van der Waals surface area (Å²) in [5.41, 5.74) is 5.14. The summed E-state index contributed by atoms with van der Waals surface area (Å²) in [5, 5.41) is 4.08. The fourth-order valence-corrected chi connectivity index (χ4v) is 2.22. The summed E-state index contributed by atoms with van der Waals surface area (Å²) in [6.07, 6.45) is 0.777. The summed E-state index contributed by atoms with van der Waals surface area (Å²) >= 11 is 0. The summed E-state index contributed by atoms with van der Waals surface area (Å²) in [5.74, 6) is 1.11. The van der Waals surface area contributed by atoms with Gasteiger partial charge < -0.3 is 19.7 Å². The zero-order valence-corrected chi connectivity index (χ0v) is 12.1. The lowest BCUT2D eigenvalue weighted by molar-refractivity contribution is -0.0403. The third-order valence-corrected chi connectivity index (χ3v) is 4.04. The molecule has 2 heterocycles. The fraction of sp³-hybridized carbons (Fsp3) is 0.846. The Morgan fingerprint density at radius 1 is 1.53 bits per heavy atom. The van der Waals surface area contributed by atoms with Crippen LogP contribution in [-0.2, 0) is 20.5 Å². The fourth-order valence-electron chi connectivity index (χ4n) is 2.22. The lowest BCUT2D eigenvalue weighted by Gasteiger charge is -2.24. The number of ether oxygens (including phenoxy) is 2. The van der Waals surface area contributed by atoms with Crippen molar-refractivity contribution in [3.05, 3.63) is 11.7 Å². The number of aromatic nitrogens is 2. The van der Waals surface area contributed by atoms with Crippen LogP contribution in [0.25, 0.3) is 0 Å². The molecule has 0 aliphatic carbocycles. The van der Waals surface area contributed by atoms with Gasteiger partial charge in [0.2, 0.25) is 11.7 Å². The van der Waals surface area contributed by atoms with Gasteiger partial charge in [-0.1, -0.05) is 12.1 Å². The van der Waals surface area contributed by atoms with Crippen molar-refractivity contribution in [1.29, 1.82) is 0 Å². The van der Waals surface area contributed by atoms with Gasteiger partial charge in [-0.3, -0.25) is 0 Å². The molecule has 6 nitrogen and oxygen atoms in total. The van der Waals surface area contributed by atoms with Crippen LogP contribution in [0.2, 0.25) is 0 Å². The van der Waals surface area contributed by atoms with Gasteiger partial charge in [0.1, 0.15) is 5.60 Å². The largest absolute Gasteiger partial charge is 0.379 e. The number of rotatable bonds is 5. The maximum Gasteiger partial charge on any atom is 0.236 e. The van der Waals surface area contributed by atoms with E-state index in [2.05, 4.69) is 10.1 Å². The van der Waals surface area contributed by atoms with Crippen molar-refractivity contribution < 1.29 is 14.0 Å². The standard InChI is InChI=1S/C13H23N3O3/c1-5-13(4,18-6-2)10-15-11(19-16-10)12(3)8-17-7-9(12)14/h9H,5-8,14H2,1-4H3. The highest BCUT2D eigenvalue weighted by Gasteiger charge is 2.45. The van der Waals surface area contributed by atoms with Crippen LogP contribution in [0.15, 0.2) is 4.52 Å². The minimum absolute atomic E-state index is 0.124. The molecular weight excluding hydrogens is 246 g/mol. The first-order valence-electron chi connectivity index (χ1n) is 6.78. The van der Waals surface area contributed by atoms with E-state index in [1.807, 2.05) is 27.7 Å². The molecule has 1 aliphatic rings. The van der Waals surface area contributed by atoms with Gasteiger partial charge in [-0.15, -0.1) is 0 Å². The summed E-state index contributed by atoms with van der Waals surface area (Å²) < 4.78 is 16.6. The molecule has 0 bridgehead atoms. The Labute approximate surface area is 113 Å². The maximum absolute atomic E-state index is 6.07.